The maximum atomic E-state index is 15.0. The highest BCUT2D eigenvalue weighted by atomic mass is 35.5. The molecule has 2 heterocycles. The maximum absolute atomic E-state index is 15.0. The predicted molar refractivity (Wildman–Crippen MR) is 118 cm³/mol. The molecule has 0 aliphatic rings. The highest BCUT2D eigenvalue weighted by Crippen LogP contribution is 2.40. The minimum absolute atomic E-state index is 0.104. The number of aromatic nitrogens is 4. The lowest BCUT2D eigenvalue weighted by Crippen LogP contribution is -2.21. The number of H-pyrrole nitrogens is 1. The van der Waals surface area contributed by atoms with Crippen molar-refractivity contribution in [1.82, 2.24) is 20.2 Å². The fourth-order valence-corrected chi connectivity index (χ4v) is 3.75. The fourth-order valence-electron chi connectivity index (χ4n) is 3.46. The van der Waals surface area contributed by atoms with Gasteiger partial charge >= 0.3 is 12.4 Å². The Bertz CT molecular complexity index is 1400. The van der Waals surface area contributed by atoms with Gasteiger partial charge < -0.3 is 9.64 Å². The van der Waals surface area contributed by atoms with E-state index >= 15 is 0 Å². The summed E-state index contributed by atoms with van der Waals surface area (Å²) in [7, 11) is 0. The highest BCUT2D eigenvalue weighted by molar-refractivity contribution is 6.33. The summed E-state index contributed by atoms with van der Waals surface area (Å²) in [6.45, 7) is 0.107. The summed E-state index contributed by atoms with van der Waals surface area (Å²) in [4.78, 5) is 10.0. The quantitative estimate of drug-likeness (QED) is 0.272. The molecule has 0 unspecified atom stereocenters. The minimum atomic E-state index is -4.68. The van der Waals surface area contributed by atoms with Crippen molar-refractivity contribution < 1.29 is 35.5 Å². The van der Waals surface area contributed by atoms with E-state index in [1.54, 1.807) is 6.92 Å². The standard InChI is InChI=1S/C22H15ClF7N5O/c1-2-35(15-7-6-11(8-12(15)23)22(28,29)30)20-32-14-9-31-34-18(14)19(33-20)17-13(24)4-3-5-16(17)36-10-21(25,26)27/h3-9H,2,10H2,1H3,(H,31,34). The van der Waals surface area contributed by atoms with Crippen molar-refractivity contribution in [2.45, 2.75) is 19.3 Å². The number of hydrogen-bond acceptors (Lipinski definition) is 5. The summed E-state index contributed by atoms with van der Waals surface area (Å²) in [5.74, 6) is -1.46. The van der Waals surface area contributed by atoms with Crippen LogP contribution in [0.4, 0.5) is 42.4 Å². The van der Waals surface area contributed by atoms with Gasteiger partial charge in [0.15, 0.2) is 6.61 Å². The molecule has 0 spiro atoms. The van der Waals surface area contributed by atoms with Crippen LogP contribution in [-0.4, -0.2) is 39.5 Å². The molecule has 1 N–H and O–H groups in total. The van der Waals surface area contributed by atoms with Crippen LogP contribution in [0.1, 0.15) is 12.5 Å². The van der Waals surface area contributed by atoms with Crippen molar-refractivity contribution in [1.29, 1.82) is 0 Å². The largest absolute Gasteiger partial charge is 0.483 e. The van der Waals surface area contributed by atoms with Crippen LogP contribution in [0.2, 0.25) is 5.02 Å². The van der Waals surface area contributed by atoms with Gasteiger partial charge in [-0.05, 0) is 37.3 Å². The Morgan fingerprint density at radius 3 is 2.44 bits per heavy atom. The van der Waals surface area contributed by atoms with E-state index in [9.17, 15) is 30.7 Å². The maximum Gasteiger partial charge on any atom is 0.422 e. The van der Waals surface area contributed by atoms with Gasteiger partial charge in [0, 0.05) is 6.54 Å². The molecule has 0 atom stereocenters. The number of ether oxygens (including phenoxy) is 1. The second-order valence-corrected chi connectivity index (χ2v) is 7.83. The summed E-state index contributed by atoms with van der Waals surface area (Å²) in [5, 5.41) is 6.18. The van der Waals surface area contributed by atoms with Crippen LogP contribution in [0, 0.1) is 5.82 Å². The summed E-state index contributed by atoms with van der Waals surface area (Å²) in [6.07, 6.45) is -8.01. The van der Waals surface area contributed by atoms with Crippen LogP contribution in [0.25, 0.3) is 22.3 Å². The van der Waals surface area contributed by atoms with Crippen LogP contribution in [-0.2, 0) is 6.18 Å². The molecule has 0 saturated carbocycles. The van der Waals surface area contributed by atoms with Gasteiger partial charge in [0.1, 0.15) is 28.3 Å². The zero-order valence-electron chi connectivity index (χ0n) is 18.2. The molecule has 2 aromatic carbocycles. The molecule has 0 radical (unpaired) electrons. The first kappa shape index (κ1) is 25.5. The molecule has 0 saturated heterocycles. The molecule has 0 aliphatic carbocycles. The average Bonchev–Trinajstić information content (AvgIpc) is 3.26. The van der Waals surface area contributed by atoms with Crippen molar-refractivity contribution in [3.63, 3.8) is 0 Å². The van der Waals surface area contributed by atoms with Crippen LogP contribution >= 0.6 is 11.6 Å². The number of nitrogens with one attached hydrogen (secondary N) is 1. The third-order valence-corrected chi connectivity index (χ3v) is 5.32. The van der Waals surface area contributed by atoms with Gasteiger partial charge in [0.2, 0.25) is 5.95 Å². The predicted octanol–water partition coefficient (Wildman–Crippen LogP) is 6.93. The first-order chi connectivity index (χ1) is 16.9. The van der Waals surface area contributed by atoms with Crippen LogP contribution in [0.5, 0.6) is 5.75 Å². The van der Waals surface area contributed by atoms with E-state index in [0.29, 0.717) is 0 Å². The van der Waals surface area contributed by atoms with E-state index in [4.69, 9.17) is 16.3 Å². The first-order valence-electron chi connectivity index (χ1n) is 10.2. The van der Waals surface area contributed by atoms with Gasteiger partial charge in [0.25, 0.3) is 0 Å². The van der Waals surface area contributed by atoms with E-state index in [2.05, 4.69) is 20.2 Å². The molecule has 4 aromatic rings. The Labute approximate surface area is 203 Å². The Hall–Kier alpha value is -3.61. The number of halogens is 8. The smallest absolute Gasteiger partial charge is 0.422 e. The van der Waals surface area contributed by atoms with Gasteiger partial charge in [-0.3, -0.25) is 5.10 Å². The van der Waals surface area contributed by atoms with Gasteiger partial charge in [-0.25, -0.2) is 14.4 Å². The number of nitrogens with zero attached hydrogens (tertiary/aromatic N) is 4. The van der Waals surface area contributed by atoms with Gasteiger partial charge in [0.05, 0.1) is 28.0 Å². The molecule has 14 heteroatoms. The molecule has 6 nitrogen and oxygen atoms in total. The topological polar surface area (TPSA) is 66.9 Å². The third-order valence-electron chi connectivity index (χ3n) is 5.02. The zero-order valence-corrected chi connectivity index (χ0v) is 18.9. The number of rotatable bonds is 6. The summed E-state index contributed by atoms with van der Waals surface area (Å²) < 4.78 is 97.3. The number of fused-ring (bicyclic) bond motifs is 1. The normalized spacial score (nSPS) is 12.2. The van der Waals surface area contributed by atoms with E-state index in [1.807, 2.05) is 0 Å². The van der Waals surface area contributed by atoms with Crippen molar-refractivity contribution in [2.75, 3.05) is 18.1 Å². The van der Waals surface area contributed by atoms with Crippen molar-refractivity contribution in [2.24, 2.45) is 0 Å². The lowest BCUT2D eigenvalue weighted by molar-refractivity contribution is -0.153. The molecule has 36 heavy (non-hydrogen) atoms. The molecular weight excluding hydrogens is 519 g/mol. The monoisotopic (exact) mass is 533 g/mol. The number of alkyl halides is 6. The second kappa shape index (κ2) is 9.45. The molecule has 0 aliphatic heterocycles. The van der Waals surface area contributed by atoms with Crippen molar-refractivity contribution in [3.8, 4) is 17.0 Å². The SMILES string of the molecule is CCN(c1nc(-c2c(F)cccc2OCC(F)(F)F)c2[nH]ncc2n1)c1ccc(C(F)(F)F)cc1Cl. The number of aromatic amines is 1. The molecule has 4 rings (SSSR count). The summed E-state index contributed by atoms with van der Waals surface area (Å²) >= 11 is 6.14. The van der Waals surface area contributed by atoms with Crippen molar-refractivity contribution in [3.05, 3.63) is 59.0 Å². The first-order valence-corrected chi connectivity index (χ1v) is 10.6. The molecular formula is C22H15ClF7N5O. The van der Waals surface area contributed by atoms with Crippen molar-refractivity contribution >= 4 is 34.3 Å². The van der Waals surface area contributed by atoms with E-state index in [0.717, 1.165) is 30.3 Å². The fraction of sp³-hybridized carbons (Fsp3) is 0.227. The summed E-state index contributed by atoms with van der Waals surface area (Å²) in [5.41, 5.74) is -1.10. The van der Waals surface area contributed by atoms with Crippen LogP contribution in [0.3, 0.4) is 0 Å². The molecule has 190 valence electrons. The Balaban J connectivity index is 1.87. The zero-order chi connectivity index (χ0) is 26.3. The highest BCUT2D eigenvalue weighted by Gasteiger charge is 2.32. The number of anilines is 2. The van der Waals surface area contributed by atoms with E-state index in [-0.39, 0.29) is 45.5 Å². The second-order valence-electron chi connectivity index (χ2n) is 7.43. The Morgan fingerprint density at radius 1 is 1.06 bits per heavy atom. The third kappa shape index (κ3) is 5.15. The van der Waals surface area contributed by atoms with Crippen LogP contribution in [0.15, 0.2) is 42.6 Å². The Kier molecular flexibility index (Phi) is 6.69. The molecule has 0 fully saturated rings. The molecule has 0 bridgehead atoms. The number of hydrogen-bond donors (Lipinski definition) is 1. The van der Waals surface area contributed by atoms with Crippen LogP contribution < -0.4 is 9.64 Å². The Morgan fingerprint density at radius 2 is 1.81 bits per heavy atom. The molecule has 2 aromatic heterocycles. The minimum Gasteiger partial charge on any atom is -0.483 e. The summed E-state index contributed by atoms with van der Waals surface area (Å²) in [6, 6.07) is 6.07. The lowest BCUT2D eigenvalue weighted by atomic mass is 10.1. The molecule has 0 amide bonds. The lowest BCUT2D eigenvalue weighted by Gasteiger charge is -2.23. The average molecular weight is 534 g/mol. The van der Waals surface area contributed by atoms with E-state index < -0.39 is 36.1 Å². The van der Waals surface area contributed by atoms with Gasteiger partial charge in [-0.1, -0.05) is 17.7 Å². The number of benzene rings is 2. The van der Waals surface area contributed by atoms with Gasteiger partial charge in [-0.2, -0.15) is 31.4 Å². The van der Waals surface area contributed by atoms with Gasteiger partial charge in [-0.15, -0.1) is 0 Å². The van der Waals surface area contributed by atoms with E-state index in [1.165, 1.54) is 17.2 Å².